The molecule has 0 saturated heterocycles. The molecule has 1 N–H and O–H groups in total. The number of pyridine rings is 1. The number of benzene rings is 1. The standard InChI is InChI=1S/C12H12ClNO/c1-7-3-4-8(2)11-10(7)5-9(6-15)12(13)14-11/h3-5,15H,6H2,1-2H3. The van der Waals surface area contributed by atoms with Gasteiger partial charge in [0, 0.05) is 10.9 Å². The monoisotopic (exact) mass is 221 g/mol. The van der Waals surface area contributed by atoms with Crippen LogP contribution >= 0.6 is 11.6 Å². The molecular weight excluding hydrogens is 210 g/mol. The van der Waals surface area contributed by atoms with E-state index in [2.05, 4.69) is 11.1 Å². The molecule has 0 saturated carbocycles. The van der Waals surface area contributed by atoms with Crippen molar-refractivity contribution in [1.29, 1.82) is 0 Å². The Morgan fingerprint density at radius 2 is 1.93 bits per heavy atom. The lowest BCUT2D eigenvalue weighted by Gasteiger charge is -2.08. The van der Waals surface area contributed by atoms with Crippen molar-refractivity contribution in [3.63, 3.8) is 0 Å². The second kappa shape index (κ2) is 3.80. The molecule has 0 unspecified atom stereocenters. The molecule has 1 heterocycles. The fourth-order valence-corrected chi connectivity index (χ4v) is 1.86. The summed E-state index contributed by atoms with van der Waals surface area (Å²) in [6, 6.07) is 5.99. The molecule has 78 valence electrons. The Bertz CT molecular complexity index is 523. The summed E-state index contributed by atoms with van der Waals surface area (Å²) in [5.74, 6) is 0. The first-order valence-corrected chi connectivity index (χ1v) is 5.17. The van der Waals surface area contributed by atoms with Crippen molar-refractivity contribution in [2.45, 2.75) is 20.5 Å². The Morgan fingerprint density at radius 1 is 1.27 bits per heavy atom. The van der Waals surface area contributed by atoms with Crippen LogP contribution in [0.15, 0.2) is 18.2 Å². The summed E-state index contributed by atoms with van der Waals surface area (Å²) in [4.78, 5) is 4.31. The molecule has 3 heteroatoms. The lowest BCUT2D eigenvalue weighted by atomic mass is 10.0. The summed E-state index contributed by atoms with van der Waals surface area (Å²) >= 11 is 5.96. The van der Waals surface area contributed by atoms with Gasteiger partial charge in [-0.1, -0.05) is 23.7 Å². The summed E-state index contributed by atoms with van der Waals surface area (Å²) in [5, 5.41) is 10.6. The molecule has 2 rings (SSSR count). The van der Waals surface area contributed by atoms with Gasteiger partial charge >= 0.3 is 0 Å². The van der Waals surface area contributed by atoms with Gasteiger partial charge < -0.3 is 5.11 Å². The molecule has 0 atom stereocenters. The summed E-state index contributed by atoms with van der Waals surface area (Å²) in [7, 11) is 0. The van der Waals surface area contributed by atoms with Crippen molar-refractivity contribution in [3.8, 4) is 0 Å². The maximum atomic E-state index is 9.11. The Morgan fingerprint density at radius 3 is 2.60 bits per heavy atom. The number of nitrogens with zero attached hydrogens (tertiary/aromatic N) is 1. The third-order valence-electron chi connectivity index (χ3n) is 2.60. The van der Waals surface area contributed by atoms with Gasteiger partial charge in [0.1, 0.15) is 5.15 Å². The second-order valence-corrected chi connectivity index (χ2v) is 4.05. The number of aromatic nitrogens is 1. The van der Waals surface area contributed by atoms with Crippen molar-refractivity contribution in [1.82, 2.24) is 4.98 Å². The molecule has 0 fully saturated rings. The number of halogens is 1. The Labute approximate surface area is 93.5 Å². The predicted molar refractivity (Wildman–Crippen MR) is 62.1 cm³/mol. The van der Waals surface area contributed by atoms with E-state index in [0.717, 1.165) is 22.0 Å². The normalized spacial score (nSPS) is 10.9. The molecule has 1 aromatic heterocycles. The lowest BCUT2D eigenvalue weighted by Crippen LogP contribution is -1.93. The van der Waals surface area contributed by atoms with Crippen LogP contribution in [0.2, 0.25) is 5.15 Å². The van der Waals surface area contributed by atoms with Crippen molar-refractivity contribution in [2.75, 3.05) is 0 Å². The summed E-state index contributed by atoms with van der Waals surface area (Å²) in [5.41, 5.74) is 3.84. The van der Waals surface area contributed by atoms with Crippen molar-refractivity contribution in [3.05, 3.63) is 40.0 Å². The van der Waals surface area contributed by atoms with Crippen LogP contribution in [0, 0.1) is 13.8 Å². The minimum absolute atomic E-state index is 0.0743. The van der Waals surface area contributed by atoms with E-state index in [0.29, 0.717) is 10.7 Å². The molecule has 2 aromatic rings. The largest absolute Gasteiger partial charge is 0.392 e. The summed E-state index contributed by atoms with van der Waals surface area (Å²) in [6.07, 6.45) is 0. The zero-order valence-corrected chi connectivity index (χ0v) is 9.47. The fraction of sp³-hybridized carbons (Fsp3) is 0.250. The highest BCUT2D eigenvalue weighted by atomic mass is 35.5. The second-order valence-electron chi connectivity index (χ2n) is 3.69. The Kier molecular flexibility index (Phi) is 2.63. The van der Waals surface area contributed by atoms with Crippen molar-refractivity contribution in [2.24, 2.45) is 0 Å². The van der Waals surface area contributed by atoms with E-state index in [-0.39, 0.29) is 6.61 Å². The van der Waals surface area contributed by atoms with Crippen LogP contribution in [0.3, 0.4) is 0 Å². The molecule has 0 bridgehead atoms. The minimum Gasteiger partial charge on any atom is -0.392 e. The lowest BCUT2D eigenvalue weighted by molar-refractivity contribution is 0.281. The summed E-state index contributed by atoms with van der Waals surface area (Å²) < 4.78 is 0. The first-order valence-electron chi connectivity index (χ1n) is 4.79. The third kappa shape index (κ3) is 1.71. The fourth-order valence-electron chi connectivity index (χ4n) is 1.66. The average Bonchev–Trinajstić information content (AvgIpc) is 2.23. The van der Waals surface area contributed by atoms with Gasteiger partial charge in [0.05, 0.1) is 12.1 Å². The highest BCUT2D eigenvalue weighted by Gasteiger charge is 2.07. The zero-order chi connectivity index (χ0) is 11.0. The van der Waals surface area contributed by atoms with Gasteiger partial charge in [-0.2, -0.15) is 0 Å². The number of hydrogen-bond acceptors (Lipinski definition) is 2. The molecular formula is C12H12ClNO. The first kappa shape index (κ1) is 10.4. The van der Waals surface area contributed by atoms with Gasteiger partial charge in [-0.25, -0.2) is 4.98 Å². The number of hydrogen-bond donors (Lipinski definition) is 1. The predicted octanol–water partition coefficient (Wildman–Crippen LogP) is 3.00. The van der Waals surface area contributed by atoms with E-state index in [1.165, 1.54) is 0 Å². The van der Waals surface area contributed by atoms with Gasteiger partial charge in [0.25, 0.3) is 0 Å². The highest BCUT2D eigenvalue weighted by Crippen LogP contribution is 2.25. The Balaban J connectivity index is 2.86. The quantitative estimate of drug-likeness (QED) is 0.751. The van der Waals surface area contributed by atoms with Gasteiger partial charge in [0.15, 0.2) is 0 Å². The molecule has 0 amide bonds. The van der Waals surface area contributed by atoms with Crippen molar-refractivity contribution < 1.29 is 5.11 Å². The SMILES string of the molecule is Cc1ccc(C)c2nc(Cl)c(CO)cc12. The number of aliphatic hydroxyl groups excluding tert-OH is 1. The maximum absolute atomic E-state index is 9.11. The van der Waals surface area contributed by atoms with E-state index in [1.54, 1.807) is 0 Å². The number of fused-ring (bicyclic) bond motifs is 1. The zero-order valence-electron chi connectivity index (χ0n) is 8.71. The van der Waals surface area contributed by atoms with Crippen molar-refractivity contribution >= 4 is 22.5 Å². The maximum Gasteiger partial charge on any atom is 0.135 e. The molecule has 2 nitrogen and oxygen atoms in total. The van der Waals surface area contributed by atoms with E-state index >= 15 is 0 Å². The van der Waals surface area contributed by atoms with E-state index in [4.69, 9.17) is 16.7 Å². The molecule has 0 radical (unpaired) electrons. The third-order valence-corrected chi connectivity index (χ3v) is 2.93. The highest BCUT2D eigenvalue weighted by molar-refractivity contribution is 6.30. The molecule has 15 heavy (non-hydrogen) atoms. The van der Waals surface area contributed by atoms with Gasteiger partial charge in [0.2, 0.25) is 0 Å². The van der Waals surface area contributed by atoms with Crippen LogP contribution in [0.25, 0.3) is 10.9 Å². The Hall–Kier alpha value is -1.12. The minimum atomic E-state index is -0.0743. The number of aliphatic hydroxyl groups is 1. The molecule has 0 aliphatic heterocycles. The molecule has 0 spiro atoms. The first-order chi connectivity index (χ1) is 7.13. The number of rotatable bonds is 1. The van der Waals surface area contributed by atoms with Crippen LogP contribution in [0.5, 0.6) is 0 Å². The number of aryl methyl sites for hydroxylation is 2. The van der Waals surface area contributed by atoms with Crippen LogP contribution in [-0.2, 0) is 6.61 Å². The van der Waals surface area contributed by atoms with Crippen LogP contribution in [0.4, 0.5) is 0 Å². The molecule has 1 aromatic carbocycles. The smallest absolute Gasteiger partial charge is 0.135 e. The van der Waals surface area contributed by atoms with Crippen LogP contribution in [0.1, 0.15) is 16.7 Å². The molecule has 0 aliphatic rings. The van der Waals surface area contributed by atoms with E-state index in [9.17, 15) is 0 Å². The van der Waals surface area contributed by atoms with Crippen LogP contribution < -0.4 is 0 Å². The summed E-state index contributed by atoms with van der Waals surface area (Å²) in [6.45, 7) is 3.96. The van der Waals surface area contributed by atoms with E-state index in [1.807, 2.05) is 26.0 Å². The molecule has 0 aliphatic carbocycles. The van der Waals surface area contributed by atoms with Gasteiger partial charge in [-0.05, 0) is 31.0 Å². The average molecular weight is 222 g/mol. The van der Waals surface area contributed by atoms with Gasteiger partial charge in [-0.15, -0.1) is 0 Å². The topological polar surface area (TPSA) is 33.1 Å². The van der Waals surface area contributed by atoms with E-state index < -0.39 is 0 Å². The van der Waals surface area contributed by atoms with Crippen LogP contribution in [-0.4, -0.2) is 10.1 Å². The van der Waals surface area contributed by atoms with Gasteiger partial charge in [-0.3, -0.25) is 0 Å².